The molecule has 2 aromatic carbocycles. The summed E-state index contributed by atoms with van der Waals surface area (Å²) in [5.74, 6) is -0.539. The van der Waals surface area contributed by atoms with Crippen LogP contribution in [0.15, 0.2) is 47.4 Å². The second kappa shape index (κ2) is 9.27. The summed E-state index contributed by atoms with van der Waals surface area (Å²) >= 11 is 0. The van der Waals surface area contributed by atoms with Gasteiger partial charge in [-0.3, -0.25) is 9.59 Å². The van der Waals surface area contributed by atoms with E-state index in [1.54, 1.807) is 24.1 Å². The van der Waals surface area contributed by atoms with E-state index in [1.165, 1.54) is 4.31 Å². The summed E-state index contributed by atoms with van der Waals surface area (Å²) in [4.78, 5) is 28.0. The van der Waals surface area contributed by atoms with Gasteiger partial charge in [0.2, 0.25) is 21.8 Å². The topological polar surface area (TPSA) is 86.8 Å². The van der Waals surface area contributed by atoms with Gasteiger partial charge in [-0.05, 0) is 61.1 Å². The Morgan fingerprint density at radius 3 is 2.27 bits per heavy atom. The number of benzene rings is 2. The lowest BCUT2D eigenvalue weighted by Crippen LogP contribution is -2.54. The summed E-state index contributed by atoms with van der Waals surface area (Å²) in [6.45, 7) is 4.84. The molecule has 2 amide bonds. The molecule has 1 fully saturated rings. The molecule has 0 aromatic heterocycles. The summed E-state index contributed by atoms with van der Waals surface area (Å²) in [7, 11) is -2.01. The predicted octanol–water partition coefficient (Wildman–Crippen LogP) is 2.40. The van der Waals surface area contributed by atoms with Crippen LogP contribution in [0, 0.1) is 19.8 Å². The lowest BCUT2D eigenvalue weighted by molar-refractivity contribution is -0.145. The van der Waals surface area contributed by atoms with Crippen LogP contribution >= 0.6 is 0 Å². The van der Waals surface area contributed by atoms with Crippen molar-refractivity contribution in [3.8, 4) is 0 Å². The fourth-order valence-electron chi connectivity index (χ4n) is 4.76. The van der Waals surface area contributed by atoms with Gasteiger partial charge in [0.05, 0.1) is 4.90 Å². The number of nitrogens with one attached hydrogen (secondary N) is 1. The van der Waals surface area contributed by atoms with Gasteiger partial charge in [-0.15, -0.1) is 0 Å². The molecule has 8 heteroatoms. The Balaban J connectivity index is 1.48. The molecule has 0 aliphatic carbocycles. The number of amides is 2. The molecule has 0 radical (unpaired) electrons. The van der Waals surface area contributed by atoms with Crippen molar-refractivity contribution in [2.75, 3.05) is 20.1 Å². The zero-order valence-electron chi connectivity index (χ0n) is 19.4. The van der Waals surface area contributed by atoms with Crippen LogP contribution < -0.4 is 5.32 Å². The van der Waals surface area contributed by atoms with Gasteiger partial charge >= 0.3 is 0 Å². The Morgan fingerprint density at radius 1 is 0.970 bits per heavy atom. The number of sulfonamides is 1. The first-order valence-electron chi connectivity index (χ1n) is 11.4. The van der Waals surface area contributed by atoms with Gasteiger partial charge in [0.1, 0.15) is 6.04 Å². The molecule has 0 unspecified atom stereocenters. The Morgan fingerprint density at radius 2 is 1.64 bits per heavy atom. The third-order valence-corrected chi connectivity index (χ3v) is 8.89. The number of fused-ring (bicyclic) bond motifs is 1. The monoisotopic (exact) mass is 469 g/mol. The van der Waals surface area contributed by atoms with Crippen molar-refractivity contribution >= 4 is 21.8 Å². The SMILES string of the molecule is CNC(=O)[C@@H]1Cc2ccccc2CN1C(=O)C1CCN(S(=O)(=O)c2ccc(C)c(C)c2)CC1. The molecular weight excluding hydrogens is 438 g/mol. The van der Waals surface area contributed by atoms with Crippen LogP contribution in [0.25, 0.3) is 0 Å². The molecule has 1 atom stereocenters. The van der Waals surface area contributed by atoms with Crippen molar-refractivity contribution < 1.29 is 18.0 Å². The normalized spacial score (nSPS) is 19.7. The van der Waals surface area contributed by atoms with Crippen LogP contribution in [-0.4, -0.2) is 55.6 Å². The number of likely N-dealkylation sites (N-methyl/N-ethyl adjacent to an activating group) is 1. The van der Waals surface area contributed by atoms with Crippen LogP contribution in [0.1, 0.15) is 35.1 Å². The van der Waals surface area contributed by atoms with E-state index in [2.05, 4.69) is 5.32 Å². The molecule has 176 valence electrons. The molecule has 0 bridgehead atoms. The van der Waals surface area contributed by atoms with E-state index < -0.39 is 16.1 Å². The maximum Gasteiger partial charge on any atom is 0.243 e. The number of aryl methyl sites for hydroxylation is 2. The van der Waals surface area contributed by atoms with Gasteiger partial charge in [-0.2, -0.15) is 4.31 Å². The molecule has 4 rings (SSSR count). The third kappa shape index (κ3) is 4.54. The number of hydrogen-bond acceptors (Lipinski definition) is 4. The zero-order chi connectivity index (χ0) is 23.8. The highest BCUT2D eigenvalue weighted by Gasteiger charge is 2.39. The number of hydrogen-bond donors (Lipinski definition) is 1. The summed E-state index contributed by atoms with van der Waals surface area (Å²) in [5, 5.41) is 2.69. The van der Waals surface area contributed by atoms with Gasteiger partial charge in [-0.25, -0.2) is 8.42 Å². The highest BCUT2D eigenvalue weighted by molar-refractivity contribution is 7.89. The van der Waals surface area contributed by atoms with Gasteiger partial charge < -0.3 is 10.2 Å². The molecule has 2 aliphatic heterocycles. The number of carbonyl (C=O) groups excluding carboxylic acids is 2. The Kier molecular flexibility index (Phi) is 6.59. The standard InChI is InChI=1S/C25H31N3O4S/c1-17-8-9-22(14-18(17)2)33(31,32)27-12-10-19(11-13-27)25(30)28-16-21-7-5-4-6-20(21)15-23(28)24(29)26-3/h4-9,14,19,23H,10-13,15-16H2,1-3H3,(H,26,29)/t23-/m0/s1. The van der Waals surface area contributed by atoms with Crippen molar-refractivity contribution in [1.29, 1.82) is 0 Å². The van der Waals surface area contributed by atoms with Crippen LogP contribution in [-0.2, 0) is 32.6 Å². The largest absolute Gasteiger partial charge is 0.357 e. The van der Waals surface area contributed by atoms with Crippen LogP contribution in [0.5, 0.6) is 0 Å². The molecule has 0 saturated carbocycles. The second-order valence-corrected chi connectivity index (χ2v) is 10.9. The minimum atomic E-state index is -3.60. The van der Waals surface area contributed by atoms with E-state index in [1.807, 2.05) is 44.2 Å². The van der Waals surface area contributed by atoms with E-state index in [9.17, 15) is 18.0 Å². The average Bonchev–Trinajstić information content (AvgIpc) is 2.83. The highest BCUT2D eigenvalue weighted by Crippen LogP contribution is 2.30. The Labute approximate surface area is 195 Å². The second-order valence-electron chi connectivity index (χ2n) is 8.99. The first-order valence-corrected chi connectivity index (χ1v) is 12.8. The fourth-order valence-corrected chi connectivity index (χ4v) is 6.31. The Bertz CT molecular complexity index is 1170. The van der Waals surface area contributed by atoms with Gasteiger partial charge in [0.15, 0.2) is 0 Å². The first kappa shape index (κ1) is 23.4. The van der Waals surface area contributed by atoms with Crippen molar-refractivity contribution in [3.63, 3.8) is 0 Å². The smallest absolute Gasteiger partial charge is 0.243 e. The van der Waals surface area contributed by atoms with E-state index in [4.69, 9.17) is 0 Å². The zero-order valence-corrected chi connectivity index (χ0v) is 20.2. The molecule has 1 saturated heterocycles. The summed E-state index contributed by atoms with van der Waals surface area (Å²) < 4.78 is 27.7. The molecular formula is C25H31N3O4S. The van der Waals surface area contributed by atoms with Crippen LogP contribution in [0.2, 0.25) is 0 Å². The van der Waals surface area contributed by atoms with E-state index in [0.717, 1.165) is 22.3 Å². The molecule has 0 spiro atoms. The maximum absolute atomic E-state index is 13.5. The molecule has 7 nitrogen and oxygen atoms in total. The number of carbonyl (C=O) groups is 2. The summed E-state index contributed by atoms with van der Waals surface area (Å²) in [6, 6.07) is 12.5. The minimum Gasteiger partial charge on any atom is -0.357 e. The van der Waals surface area contributed by atoms with Gasteiger partial charge in [0.25, 0.3) is 0 Å². The molecule has 2 aromatic rings. The number of nitrogens with zero attached hydrogens (tertiary/aromatic N) is 2. The average molecular weight is 470 g/mol. The van der Waals surface area contributed by atoms with E-state index in [-0.39, 0.29) is 17.7 Å². The quantitative estimate of drug-likeness (QED) is 0.745. The first-order chi connectivity index (χ1) is 15.7. The van der Waals surface area contributed by atoms with Crippen LogP contribution in [0.3, 0.4) is 0 Å². The van der Waals surface area contributed by atoms with Crippen molar-refractivity contribution in [2.45, 2.75) is 50.6 Å². The lowest BCUT2D eigenvalue weighted by Gasteiger charge is -2.39. The maximum atomic E-state index is 13.5. The highest BCUT2D eigenvalue weighted by atomic mass is 32.2. The van der Waals surface area contributed by atoms with E-state index in [0.29, 0.717) is 43.8 Å². The van der Waals surface area contributed by atoms with Gasteiger partial charge in [-0.1, -0.05) is 30.3 Å². The molecule has 2 heterocycles. The number of piperidine rings is 1. The fraction of sp³-hybridized carbons (Fsp3) is 0.440. The summed E-state index contributed by atoms with van der Waals surface area (Å²) in [5.41, 5.74) is 4.13. The molecule has 33 heavy (non-hydrogen) atoms. The molecule has 2 aliphatic rings. The van der Waals surface area contributed by atoms with Crippen molar-refractivity contribution in [1.82, 2.24) is 14.5 Å². The van der Waals surface area contributed by atoms with Crippen molar-refractivity contribution in [2.24, 2.45) is 5.92 Å². The molecule has 1 N–H and O–H groups in total. The predicted molar refractivity (Wildman–Crippen MR) is 126 cm³/mol. The minimum absolute atomic E-state index is 0.0682. The van der Waals surface area contributed by atoms with Crippen LogP contribution in [0.4, 0.5) is 0 Å². The van der Waals surface area contributed by atoms with E-state index >= 15 is 0 Å². The number of rotatable bonds is 4. The van der Waals surface area contributed by atoms with Gasteiger partial charge in [0, 0.05) is 39.0 Å². The van der Waals surface area contributed by atoms with Crippen molar-refractivity contribution in [3.05, 3.63) is 64.7 Å². The Hall–Kier alpha value is -2.71. The summed E-state index contributed by atoms with van der Waals surface area (Å²) in [6.07, 6.45) is 1.38. The third-order valence-electron chi connectivity index (χ3n) is 7.00. The lowest BCUT2D eigenvalue weighted by atomic mass is 9.90.